The minimum absolute atomic E-state index is 0.0803. The first-order valence-corrected chi connectivity index (χ1v) is 40.9. The van der Waals surface area contributed by atoms with E-state index in [0.717, 1.165) is 83.1 Å². The molecule has 0 atom stereocenters. The molecule has 10 aromatic rings. The zero-order valence-electron chi connectivity index (χ0n) is 68.1. The summed E-state index contributed by atoms with van der Waals surface area (Å²) in [6.45, 7) is 15.6. The molecule has 10 rings (SSSR count). The van der Waals surface area contributed by atoms with Crippen LogP contribution in [0.15, 0.2) is 233 Å². The van der Waals surface area contributed by atoms with Gasteiger partial charge in [-0.2, -0.15) is 0 Å². The third-order valence-electron chi connectivity index (χ3n) is 18.0. The normalized spacial score (nSPS) is 10.3. The van der Waals surface area contributed by atoms with Crippen molar-refractivity contribution < 1.29 is 47.7 Å². The van der Waals surface area contributed by atoms with Gasteiger partial charge >= 0.3 is 18.1 Å². The van der Waals surface area contributed by atoms with E-state index < -0.39 is 0 Å². The molecule has 0 unspecified atom stereocenters. The number of hydrogen-bond acceptors (Lipinski definition) is 20. The third-order valence-corrected chi connectivity index (χ3v) is 21.4. The van der Waals surface area contributed by atoms with E-state index >= 15 is 0 Å². The summed E-state index contributed by atoms with van der Waals surface area (Å²) in [5.41, 5.74) is 49.7. The Balaban J connectivity index is 0.000000227. The summed E-state index contributed by atoms with van der Waals surface area (Å²) >= 11 is 5.00. The van der Waals surface area contributed by atoms with Gasteiger partial charge < -0.3 is 106 Å². The number of nitrogens with two attached hydrogens (primary N) is 6. The molecule has 0 heterocycles. The zero-order valence-corrected chi connectivity index (χ0v) is 70.6. The lowest BCUT2D eigenvalue weighted by atomic mass is 9.90. The first kappa shape index (κ1) is 94.4. The number of ether oxygens (including phenoxy) is 5. The second kappa shape index (κ2) is 52.9. The molecular formula is C89H113N15O10S3. The number of para-hydroxylation sites is 5. The van der Waals surface area contributed by atoms with Crippen molar-refractivity contribution in [3.8, 4) is 28.7 Å². The number of anilines is 4. The highest BCUT2D eigenvalue weighted by molar-refractivity contribution is 7.99. The number of urea groups is 3. The molecule has 20 N–H and O–H groups in total. The SMILES string of the molecule is COc1ccc(CNc2ccccc2NC(=O)NCCN)cc1.COc1ccc(COc2ccccc2NC(=O)NCCN)cc1.COc1ccc(CSc2ccccc2C(=O)NCCN)cc1.COc1ccc(CSc2ccccc2NC(=O)NCCN)cc1.Cc1c(C)c(C)c(CSc2ccccc2C(=O)N(CN)CN)c(C)c1C. The van der Waals surface area contributed by atoms with Gasteiger partial charge in [0.15, 0.2) is 0 Å². The molecule has 25 nitrogen and oxygen atoms in total. The number of amides is 8. The first-order chi connectivity index (χ1) is 56.7. The number of nitrogens with one attached hydrogen (secondary N) is 8. The Bertz CT molecular complexity index is 4380. The summed E-state index contributed by atoms with van der Waals surface area (Å²) in [6, 6.07) is 68.4. The van der Waals surface area contributed by atoms with Gasteiger partial charge in [-0.15, -0.1) is 35.3 Å². The molecule has 0 aliphatic carbocycles. The summed E-state index contributed by atoms with van der Waals surface area (Å²) in [5, 5.41) is 22.6. The lowest BCUT2D eigenvalue weighted by Crippen LogP contribution is -2.40. The van der Waals surface area contributed by atoms with Gasteiger partial charge in [0.2, 0.25) is 0 Å². The average molecular weight is 1650 g/mol. The van der Waals surface area contributed by atoms with Gasteiger partial charge in [0.25, 0.3) is 11.8 Å². The fourth-order valence-electron chi connectivity index (χ4n) is 11.0. The molecule has 0 aliphatic heterocycles. The minimum atomic E-state index is -0.309. The van der Waals surface area contributed by atoms with Gasteiger partial charge in [0, 0.05) is 90.8 Å². The molecule has 0 saturated heterocycles. The second-order valence-electron chi connectivity index (χ2n) is 25.8. The van der Waals surface area contributed by atoms with E-state index in [9.17, 15) is 24.0 Å². The lowest BCUT2D eigenvalue weighted by Gasteiger charge is -2.21. The topological polar surface area (TPSA) is 387 Å². The highest BCUT2D eigenvalue weighted by atomic mass is 32.2. The molecule has 0 fully saturated rings. The Morgan fingerprint density at radius 3 is 1.17 bits per heavy atom. The number of thioether (sulfide) groups is 3. The number of nitrogens with zero attached hydrogens (tertiary/aromatic N) is 1. The predicted molar refractivity (Wildman–Crippen MR) is 479 cm³/mol. The van der Waals surface area contributed by atoms with Crippen LogP contribution in [0.5, 0.6) is 28.7 Å². The van der Waals surface area contributed by atoms with Gasteiger partial charge in [-0.3, -0.25) is 9.59 Å². The summed E-state index contributed by atoms with van der Waals surface area (Å²) in [7, 11) is 6.58. The number of hydrogen-bond donors (Lipinski definition) is 14. The molecule has 117 heavy (non-hydrogen) atoms. The molecule has 622 valence electrons. The number of methoxy groups -OCH3 is 4. The molecule has 8 amide bonds. The standard InChI is InChI=1S/C21H29N3OS.C17H22N4O2.C17H21N3O3.C17H21N3O2S.C17H20N2O2S/c1-13-14(2)16(4)19(17(5)15(13)3)10-26-20-9-7-6-8-18(20)21(25)24(11-22)12-23;1-23-14-8-6-13(7-9-14)12-20-15-4-2-3-5-16(15)21-17(22)19-11-10-18;2*1-22-14-8-6-13(7-9-14)12-23-16-5-3-2-4-15(16)20-17(21)19-11-10-18;1-21-14-8-6-13(7-9-14)12-22-16-5-3-2-4-15(16)17(20)19-11-10-18/h6-9H,10-12,22-23H2,1-5H3;2-9,20H,10-12,18H2,1H3,(H2,19,21,22);2*2-9H,10-12,18H2,1H3,(H2,19,20,21);2-9H,10-12,18H2,1H3,(H,19,20). The molecular weight excluding hydrogens is 1540 g/mol. The molecule has 28 heteroatoms. The number of rotatable bonds is 34. The van der Waals surface area contributed by atoms with Gasteiger partial charge in [-0.1, -0.05) is 109 Å². The average Bonchev–Trinajstić information content (AvgIpc) is 0.794. The smallest absolute Gasteiger partial charge is 0.319 e. The van der Waals surface area contributed by atoms with E-state index in [1.807, 2.05) is 212 Å². The van der Waals surface area contributed by atoms with Crippen LogP contribution in [0.4, 0.5) is 37.1 Å². The van der Waals surface area contributed by atoms with Crippen molar-refractivity contribution >= 4 is 87.9 Å². The van der Waals surface area contributed by atoms with Crippen LogP contribution in [0.25, 0.3) is 0 Å². The maximum atomic E-state index is 12.7. The van der Waals surface area contributed by atoms with Crippen molar-refractivity contribution in [1.29, 1.82) is 0 Å². The van der Waals surface area contributed by atoms with Crippen molar-refractivity contribution in [3.05, 3.63) is 285 Å². The molecule has 0 aliphatic rings. The Hall–Kier alpha value is -11.4. The number of carbonyl (C=O) groups excluding carboxylic acids is 5. The maximum absolute atomic E-state index is 12.7. The van der Waals surface area contributed by atoms with Crippen LogP contribution >= 0.6 is 35.3 Å². The van der Waals surface area contributed by atoms with E-state index in [1.54, 1.807) is 69.8 Å². The first-order valence-electron chi connectivity index (χ1n) is 38.0. The monoisotopic (exact) mass is 1650 g/mol. The van der Waals surface area contributed by atoms with Crippen LogP contribution in [0.3, 0.4) is 0 Å². The number of carbonyl (C=O) groups is 5. The fourth-order valence-corrected chi connectivity index (χ4v) is 14.2. The summed E-state index contributed by atoms with van der Waals surface area (Å²) in [4.78, 5) is 64.4. The Morgan fingerprint density at radius 1 is 0.350 bits per heavy atom. The van der Waals surface area contributed by atoms with E-state index in [4.69, 9.17) is 58.1 Å². The Kier molecular flexibility index (Phi) is 42.7. The van der Waals surface area contributed by atoms with E-state index in [1.165, 1.54) is 49.4 Å². The summed E-state index contributed by atoms with van der Waals surface area (Å²) < 4.78 is 26.4. The Morgan fingerprint density at radius 2 is 0.701 bits per heavy atom. The Labute approximate surface area is 700 Å². The van der Waals surface area contributed by atoms with Crippen molar-refractivity contribution in [2.24, 2.45) is 34.4 Å². The van der Waals surface area contributed by atoms with Crippen LogP contribution in [-0.2, 0) is 30.4 Å². The van der Waals surface area contributed by atoms with Crippen LogP contribution < -0.4 is 101 Å². The van der Waals surface area contributed by atoms with Gasteiger partial charge in [0.1, 0.15) is 35.4 Å². The summed E-state index contributed by atoms with van der Waals surface area (Å²) in [6.07, 6.45) is 0. The van der Waals surface area contributed by atoms with Crippen LogP contribution in [-0.4, -0.2) is 129 Å². The second-order valence-corrected chi connectivity index (χ2v) is 28.8. The molecule has 0 bridgehead atoms. The predicted octanol–water partition coefficient (Wildman–Crippen LogP) is 14.3. The molecule has 10 aromatic carbocycles. The van der Waals surface area contributed by atoms with Crippen LogP contribution in [0.1, 0.15) is 76.4 Å². The lowest BCUT2D eigenvalue weighted by molar-refractivity contribution is 0.0760. The van der Waals surface area contributed by atoms with Crippen molar-refractivity contribution in [2.75, 3.05) is 115 Å². The van der Waals surface area contributed by atoms with Crippen LogP contribution in [0, 0.1) is 34.6 Å². The van der Waals surface area contributed by atoms with Crippen molar-refractivity contribution in [2.45, 2.75) is 79.7 Å². The van der Waals surface area contributed by atoms with Crippen LogP contribution in [0.2, 0.25) is 0 Å². The quantitative estimate of drug-likeness (QED) is 0.0132. The molecule has 0 saturated carbocycles. The zero-order chi connectivity index (χ0) is 84.7. The minimum Gasteiger partial charge on any atom is -0.497 e. The molecule has 0 spiro atoms. The summed E-state index contributed by atoms with van der Waals surface area (Å²) in [5.74, 6) is 6.15. The highest BCUT2D eigenvalue weighted by Gasteiger charge is 2.20. The van der Waals surface area contributed by atoms with Gasteiger partial charge in [-0.25, -0.2) is 14.4 Å². The maximum Gasteiger partial charge on any atom is 0.319 e. The van der Waals surface area contributed by atoms with Crippen molar-refractivity contribution in [1.82, 2.24) is 26.2 Å². The van der Waals surface area contributed by atoms with Gasteiger partial charge in [-0.05, 0) is 199 Å². The van der Waals surface area contributed by atoms with E-state index in [2.05, 4.69) is 77.2 Å². The molecule has 0 radical (unpaired) electrons. The van der Waals surface area contributed by atoms with E-state index in [0.29, 0.717) is 88.1 Å². The third kappa shape index (κ3) is 32.3. The molecule has 0 aromatic heterocycles. The van der Waals surface area contributed by atoms with E-state index in [-0.39, 0.29) is 43.2 Å². The van der Waals surface area contributed by atoms with Gasteiger partial charge in [0.05, 0.1) is 75.7 Å². The highest BCUT2D eigenvalue weighted by Crippen LogP contribution is 2.35. The fraction of sp³-hybridized carbons (Fsp3) is 0.270. The van der Waals surface area contributed by atoms with Crippen molar-refractivity contribution in [3.63, 3.8) is 0 Å². The number of benzene rings is 10. The largest absolute Gasteiger partial charge is 0.497 e.